The summed E-state index contributed by atoms with van der Waals surface area (Å²) in [7, 11) is 0. The molecule has 0 bridgehead atoms. The summed E-state index contributed by atoms with van der Waals surface area (Å²) in [6.07, 6.45) is 0. The molecule has 0 fully saturated rings. The lowest BCUT2D eigenvalue weighted by molar-refractivity contribution is 0.568. The van der Waals surface area contributed by atoms with Crippen LogP contribution in [0.3, 0.4) is 0 Å². The first-order valence-corrected chi connectivity index (χ1v) is 5.53. The Kier molecular flexibility index (Phi) is 3.36. The third kappa shape index (κ3) is 2.49. The van der Waals surface area contributed by atoms with Gasteiger partial charge in [-0.05, 0) is 10.8 Å². The maximum Gasteiger partial charge on any atom is 0.204 e. The van der Waals surface area contributed by atoms with E-state index in [-0.39, 0.29) is 0 Å². The monoisotopic (exact) mass is 232 g/mol. The van der Waals surface area contributed by atoms with E-state index < -0.39 is 0 Å². The average molecular weight is 232 g/mol. The van der Waals surface area contributed by atoms with E-state index in [0.717, 1.165) is 11.1 Å². The fraction of sp³-hybridized carbons (Fsp3) is 0.182. The van der Waals surface area contributed by atoms with Crippen molar-refractivity contribution in [1.82, 2.24) is 20.2 Å². The van der Waals surface area contributed by atoms with Crippen LogP contribution in [0.25, 0.3) is 11.4 Å². The second kappa shape index (κ2) is 4.94. The molecule has 0 aliphatic carbocycles. The van der Waals surface area contributed by atoms with E-state index in [4.69, 9.17) is 0 Å². The summed E-state index contributed by atoms with van der Waals surface area (Å²) in [5.74, 6) is 1.26. The van der Waals surface area contributed by atoms with Crippen molar-refractivity contribution >= 4 is 12.6 Å². The van der Waals surface area contributed by atoms with Crippen molar-refractivity contribution in [2.75, 3.05) is 5.75 Å². The van der Waals surface area contributed by atoms with E-state index in [9.17, 15) is 0 Å². The molecule has 0 saturated carbocycles. The van der Waals surface area contributed by atoms with Crippen molar-refractivity contribution in [2.24, 2.45) is 0 Å². The van der Waals surface area contributed by atoms with Crippen LogP contribution in [0.5, 0.6) is 0 Å². The van der Waals surface area contributed by atoms with E-state index in [1.807, 2.05) is 30.3 Å². The van der Waals surface area contributed by atoms with Gasteiger partial charge < -0.3 is 0 Å². The van der Waals surface area contributed by atoms with Crippen molar-refractivity contribution in [2.45, 2.75) is 6.54 Å². The zero-order chi connectivity index (χ0) is 11.4. The maximum absolute atomic E-state index is 4.27. The first-order valence-electron chi connectivity index (χ1n) is 4.90. The van der Waals surface area contributed by atoms with Crippen LogP contribution in [0.15, 0.2) is 42.5 Å². The molecule has 5 heteroatoms. The molecule has 0 N–H and O–H groups in total. The minimum atomic E-state index is 0.559. The van der Waals surface area contributed by atoms with Gasteiger partial charge in [-0.1, -0.05) is 36.9 Å². The largest absolute Gasteiger partial charge is 0.204 e. The third-order valence-corrected chi connectivity index (χ3v) is 2.52. The highest BCUT2D eigenvalue weighted by Crippen LogP contribution is 2.12. The van der Waals surface area contributed by atoms with Crippen molar-refractivity contribution < 1.29 is 0 Å². The fourth-order valence-electron chi connectivity index (χ4n) is 1.26. The molecule has 0 saturated heterocycles. The molecule has 4 nitrogen and oxygen atoms in total. The molecule has 0 radical (unpaired) electrons. The van der Waals surface area contributed by atoms with E-state index in [1.54, 1.807) is 0 Å². The van der Waals surface area contributed by atoms with Crippen LogP contribution < -0.4 is 0 Å². The van der Waals surface area contributed by atoms with Crippen molar-refractivity contribution in [3.05, 3.63) is 42.5 Å². The predicted octanol–water partition coefficient (Wildman–Crippen LogP) is 1.83. The molecule has 2 rings (SSSR count). The summed E-state index contributed by atoms with van der Waals surface area (Å²) >= 11 is 4.13. The smallest absolute Gasteiger partial charge is 0.175 e. The van der Waals surface area contributed by atoms with Gasteiger partial charge in [0, 0.05) is 11.3 Å². The molecule has 2 aromatic rings. The number of benzene rings is 1. The summed E-state index contributed by atoms with van der Waals surface area (Å²) in [6.45, 7) is 4.40. The average Bonchev–Trinajstić information content (AvgIpc) is 2.78. The quantitative estimate of drug-likeness (QED) is 0.646. The predicted molar refractivity (Wildman–Crippen MR) is 66.2 cm³/mol. The fourth-order valence-corrected chi connectivity index (χ4v) is 1.36. The minimum Gasteiger partial charge on any atom is -0.175 e. The number of hydrogen-bond donors (Lipinski definition) is 1. The first-order chi connectivity index (χ1) is 7.79. The molecular formula is C11H12N4S. The van der Waals surface area contributed by atoms with Crippen molar-refractivity contribution in [3.8, 4) is 11.4 Å². The van der Waals surface area contributed by atoms with Gasteiger partial charge in [0.05, 0.1) is 6.54 Å². The van der Waals surface area contributed by atoms with Crippen LogP contribution in [0, 0.1) is 0 Å². The van der Waals surface area contributed by atoms with Crippen LogP contribution in [0.4, 0.5) is 0 Å². The lowest BCUT2D eigenvalue weighted by Gasteiger charge is -1.98. The highest BCUT2D eigenvalue weighted by Gasteiger charge is 2.05. The van der Waals surface area contributed by atoms with Gasteiger partial charge in [0.25, 0.3) is 0 Å². The van der Waals surface area contributed by atoms with E-state index in [2.05, 4.69) is 34.6 Å². The molecule has 0 aliphatic rings. The molecule has 1 heterocycles. The van der Waals surface area contributed by atoms with Crippen LogP contribution in [0.1, 0.15) is 0 Å². The molecule has 1 aromatic heterocycles. The standard InChI is InChI=1S/C11H12N4S/c1-9(8-16)7-15-13-11(12-14-15)10-5-3-2-4-6-10/h2-6,16H,1,7-8H2. The second-order valence-electron chi connectivity index (χ2n) is 3.42. The van der Waals surface area contributed by atoms with Gasteiger partial charge in [-0.3, -0.25) is 0 Å². The summed E-state index contributed by atoms with van der Waals surface area (Å²) in [5.41, 5.74) is 1.92. The first kappa shape index (κ1) is 10.9. The van der Waals surface area contributed by atoms with Gasteiger partial charge in [0.2, 0.25) is 5.82 Å². The van der Waals surface area contributed by atoms with Gasteiger partial charge in [0.15, 0.2) is 0 Å². The van der Waals surface area contributed by atoms with Crippen LogP contribution in [-0.4, -0.2) is 26.0 Å². The molecule has 0 aliphatic heterocycles. The Bertz CT molecular complexity index is 478. The number of nitrogens with zero attached hydrogens (tertiary/aromatic N) is 4. The van der Waals surface area contributed by atoms with E-state index >= 15 is 0 Å². The Labute approximate surface area is 99.4 Å². The van der Waals surface area contributed by atoms with Crippen LogP contribution in [-0.2, 0) is 6.54 Å². The van der Waals surface area contributed by atoms with Crippen LogP contribution in [0.2, 0.25) is 0 Å². The second-order valence-corrected chi connectivity index (χ2v) is 3.73. The summed E-state index contributed by atoms with van der Waals surface area (Å²) in [4.78, 5) is 1.53. The lowest BCUT2D eigenvalue weighted by Crippen LogP contribution is -2.05. The van der Waals surface area contributed by atoms with Gasteiger partial charge >= 0.3 is 0 Å². The highest BCUT2D eigenvalue weighted by atomic mass is 32.1. The number of thiol groups is 1. The van der Waals surface area contributed by atoms with Crippen molar-refractivity contribution in [3.63, 3.8) is 0 Å². The highest BCUT2D eigenvalue weighted by molar-refractivity contribution is 7.80. The van der Waals surface area contributed by atoms with Gasteiger partial charge in [-0.15, -0.1) is 10.2 Å². The Morgan fingerprint density at radius 2 is 2.06 bits per heavy atom. The normalized spacial score (nSPS) is 10.3. The summed E-state index contributed by atoms with van der Waals surface area (Å²) in [6, 6.07) is 9.76. The Morgan fingerprint density at radius 1 is 1.31 bits per heavy atom. The van der Waals surface area contributed by atoms with Gasteiger partial charge in [-0.25, -0.2) is 0 Å². The minimum absolute atomic E-state index is 0.559. The van der Waals surface area contributed by atoms with Gasteiger partial charge in [-0.2, -0.15) is 17.4 Å². The summed E-state index contributed by atoms with van der Waals surface area (Å²) < 4.78 is 0. The Morgan fingerprint density at radius 3 is 2.75 bits per heavy atom. The molecule has 1 aromatic carbocycles. The number of aromatic nitrogens is 4. The zero-order valence-electron chi connectivity index (χ0n) is 8.74. The maximum atomic E-state index is 4.27. The third-order valence-electron chi connectivity index (χ3n) is 2.07. The van der Waals surface area contributed by atoms with E-state index in [1.165, 1.54) is 4.80 Å². The lowest BCUT2D eigenvalue weighted by atomic mass is 10.2. The zero-order valence-corrected chi connectivity index (χ0v) is 9.64. The van der Waals surface area contributed by atoms with Crippen molar-refractivity contribution in [1.29, 1.82) is 0 Å². The summed E-state index contributed by atoms with van der Waals surface area (Å²) in [5, 5.41) is 12.2. The van der Waals surface area contributed by atoms with Gasteiger partial charge in [0.1, 0.15) is 0 Å². The Balaban J connectivity index is 2.17. The van der Waals surface area contributed by atoms with E-state index in [0.29, 0.717) is 18.1 Å². The number of hydrogen-bond acceptors (Lipinski definition) is 4. The SMILES string of the molecule is C=C(CS)Cn1nnc(-c2ccccc2)n1. The number of rotatable bonds is 4. The molecule has 0 amide bonds. The number of tetrazole rings is 1. The molecule has 0 atom stereocenters. The molecule has 82 valence electrons. The molecule has 16 heavy (non-hydrogen) atoms. The molecule has 0 unspecified atom stereocenters. The topological polar surface area (TPSA) is 43.6 Å². The molecule has 0 spiro atoms. The van der Waals surface area contributed by atoms with Crippen LogP contribution >= 0.6 is 12.6 Å². The Hall–Kier alpha value is -1.62. The molecular weight excluding hydrogens is 220 g/mol.